The average Bonchev–Trinajstić information content (AvgIpc) is 2.30. The van der Waals surface area contributed by atoms with Crippen molar-refractivity contribution in [3.63, 3.8) is 0 Å². The largest absolute Gasteiger partial charge is 0.307 e. The summed E-state index contributed by atoms with van der Waals surface area (Å²) in [5, 5.41) is 3.49. The molecule has 0 heterocycles. The first-order valence-electron chi connectivity index (χ1n) is 6.14. The lowest BCUT2D eigenvalue weighted by Gasteiger charge is -2.20. The molecule has 3 heteroatoms. The molecule has 0 amide bonds. The van der Waals surface area contributed by atoms with E-state index in [0.717, 1.165) is 17.1 Å². The molecule has 0 aliphatic carbocycles. The van der Waals surface area contributed by atoms with E-state index >= 15 is 0 Å². The molecule has 0 saturated carbocycles. The van der Waals surface area contributed by atoms with Crippen molar-refractivity contribution in [2.75, 3.05) is 11.5 Å². The van der Waals surface area contributed by atoms with Gasteiger partial charge in [0.1, 0.15) is 5.82 Å². The molecule has 96 valence electrons. The van der Waals surface area contributed by atoms with Gasteiger partial charge in [-0.05, 0) is 43.7 Å². The second-order valence-electron chi connectivity index (χ2n) is 4.46. The summed E-state index contributed by atoms with van der Waals surface area (Å²) in [7, 11) is 0. The molecule has 1 N–H and O–H groups in total. The van der Waals surface area contributed by atoms with Crippen molar-refractivity contribution in [2.45, 2.75) is 39.8 Å². The first-order valence-corrected chi connectivity index (χ1v) is 7.30. The van der Waals surface area contributed by atoms with Crippen LogP contribution in [-0.2, 0) is 0 Å². The van der Waals surface area contributed by atoms with Crippen LogP contribution in [0.1, 0.15) is 37.9 Å². The summed E-state index contributed by atoms with van der Waals surface area (Å²) in [6, 6.07) is 6.10. The molecule has 0 fully saturated rings. The van der Waals surface area contributed by atoms with Crippen LogP contribution in [0.4, 0.5) is 4.39 Å². The molecular formula is C14H22FNS. The van der Waals surface area contributed by atoms with Crippen molar-refractivity contribution in [1.29, 1.82) is 0 Å². The van der Waals surface area contributed by atoms with E-state index in [4.69, 9.17) is 0 Å². The van der Waals surface area contributed by atoms with Crippen LogP contribution in [0.5, 0.6) is 0 Å². The van der Waals surface area contributed by atoms with Crippen molar-refractivity contribution < 1.29 is 4.39 Å². The number of nitrogens with one attached hydrogen (secondary N) is 1. The van der Waals surface area contributed by atoms with Crippen molar-refractivity contribution in [2.24, 2.45) is 0 Å². The Morgan fingerprint density at radius 3 is 2.65 bits per heavy atom. The molecule has 17 heavy (non-hydrogen) atoms. The van der Waals surface area contributed by atoms with E-state index in [1.807, 2.05) is 23.9 Å². The lowest BCUT2D eigenvalue weighted by molar-refractivity contribution is 0.507. The molecule has 2 atom stereocenters. The Morgan fingerprint density at radius 2 is 2.06 bits per heavy atom. The van der Waals surface area contributed by atoms with Gasteiger partial charge < -0.3 is 5.32 Å². The van der Waals surface area contributed by atoms with Gasteiger partial charge in [0.2, 0.25) is 0 Å². The number of thioether (sulfide) groups is 1. The lowest BCUT2D eigenvalue weighted by Crippen LogP contribution is -2.31. The molecule has 2 unspecified atom stereocenters. The molecule has 0 aliphatic rings. The van der Waals surface area contributed by atoms with Gasteiger partial charge in [-0.2, -0.15) is 11.8 Å². The van der Waals surface area contributed by atoms with Crippen molar-refractivity contribution in [3.05, 3.63) is 35.1 Å². The van der Waals surface area contributed by atoms with Gasteiger partial charge in [-0.25, -0.2) is 4.39 Å². The molecule has 1 nitrogen and oxygen atoms in total. The quantitative estimate of drug-likeness (QED) is 0.826. The summed E-state index contributed by atoms with van der Waals surface area (Å²) in [4.78, 5) is 0. The number of hydrogen-bond acceptors (Lipinski definition) is 2. The number of benzene rings is 1. The summed E-state index contributed by atoms with van der Waals surface area (Å²) < 4.78 is 13.4. The van der Waals surface area contributed by atoms with Gasteiger partial charge in [-0.15, -0.1) is 0 Å². The van der Waals surface area contributed by atoms with Crippen molar-refractivity contribution in [3.8, 4) is 0 Å². The molecule has 1 aromatic carbocycles. The standard InChI is InChI=1S/C14H22FNS/c1-5-17-9-11(3)16-12(4)13-7-6-10(2)14(15)8-13/h6-8,11-12,16H,5,9H2,1-4H3. The van der Waals surface area contributed by atoms with Gasteiger partial charge in [0.25, 0.3) is 0 Å². The monoisotopic (exact) mass is 255 g/mol. The Morgan fingerprint density at radius 1 is 1.35 bits per heavy atom. The highest BCUT2D eigenvalue weighted by atomic mass is 32.2. The average molecular weight is 255 g/mol. The van der Waals surface area contributed by atoms with Crippen LogP contribution < -0.4 is 5.32 Å². The molecule has 0 saturated heterocycles. The zero-order valence-electron chi connectivity index (χ0n) is 11.1. The van der Waals surface area contributed by atoms with Crippen LogP contribution in [0.2, 0.25) is 0 Å². The summed E-state index contributed by atoms with van der Waals surface area (Å²) >= 11 is 1.92. The molecule has 0 aliphatic heterocycles. The van der Waals surface area contributed by atoms with Crippen molar-refractivity contribution >= 4 is 11.8 Å². The third-order valence-corrected chi connectivity index (χ3v) is 3.95. The van der Waals surface area contributed by atoms with Gasteiger partial charge in [-0.1, -0.05) is 19.1 Å². The molecular weight excluding hydrogens is 233 g/mol. The molecule has 0 radical (unpaired) electrons. The maximum atomic E-state index is 13.4. The van der Waals surface area contributed by atoms with Gasteiger partial charge in [0, 0.05) is 17.8 Å². The Balaban J connectivity index is 2.57. The van der Waals surface area contributed by atoms with E-state index in [-0.39, 0.29) is 11.9 Å². The van der Waals surface area contributed by atoms with Gasteiger partial charge in [0.15, 0.2) is 0 Å². The van der Waals surface area contributed by atoms with E-state index in [2.05, 4.69) is 26.1 Å². The van der Waals surface area contributed by atoms with E-state index in [1.54, 1.807) is 13.0 Å². The van der Waals surface area contributed by atoms with Gasteiger partial charge >= 0.3 is 0 Å². The first kappa shape index (κ1) is 14.5. The number of halogens is 1. The number of hydrogen-bond donors (Lipinski definition) is 1. The predicted octanol–water partition coefficient (Wildman–Crippen LogP) is 3.93. The fourth-order valence-corrected chi connectivity index (χ4v) is 2.43. The minimum absolute atomic E-state index is 0.119. The van der Waals surface area contributed by atoms with Crippen LogP contribution in [0.3, 0.4) is 0 Å². The van der Waals surface area contributed by atoms with Crippen LogP contribution in [-0.4, -0.2) is 17.5 Å². The number of aryl methyl sites for hydroxylation is 1. The molecule has 1 aromatic rings. The third kappa shape index (κ3) is 4.68. The van der Waals surface area contributed by atoms with E-state index in [0.29, 0.717) is 11.6 Å². The summed E-state index contributed by atoms with van der Waals surface area (Å²) in [6.45, 7) is 8.20. The smallest absolute Gasteiger partial charge is 0.126 e. The Bertz CT molecular complexity index is 354. The predicted molar refractivity (Wildman–Crippen MR) is 75.1 cm³/mol. The number of rotatable bonds is 6. The maximum absolute atomic E-state index is 13.4. The topological polar surface area (TPSA) is 12.0 Å². The molecule has 1 rings (SSSR count). The van der Waals surface area contributed by atoms with E-state index < -0.39 is 0 Å². The maximum Gasteiger partial charge on any atom is 0.126 e. The lowest BCUT2D eigenvalue weighted by atomic mass is 10.1. The van der Waals surface area contributed by atoms with Crippen LogP contribution in [0, 0.1) is 12.7 Å². The molecule has 0 bridgehead atoms. The van der Waals surface area contributed by atoms with E-state index in [9.17, 15) is 4.39 Å². The van der Waals surface area contributed by atoms with Crippen LogP contribution in [0.25, 0.3) is 0 Å². The Hall–Kier alpha value is -0.540. The summed E-state index contributed by atoms with van der Waals surface area (Å²) in [5.41, 5.74) is 1.72. The minimum atomic E-state index is -0.119. The SMILES string of the molecule is CCSCC(C)NC(C)c1ccc(C)c(F)c1. The first-order chi connectivity index (χ1) is 8.04. The normalized spacial score (nSPS) is 14.6. The van der Waals surface area contributed by atoms with Crippen LogP contribution >= 0.6 is 11.8 Å². The molecule has 0 spiro atoms. The Kier molecular flexibility index (Phi) is 6.00. The van der Waals surface area contributed by atoms with Gasteiger partial charge in [0.05, 0.1) is 0 Å². The zero-order chi connectivity index (χ0) is 12.8. The Labute approximate surface area is 108 Å². The fraction of sp³-hybridized carbons (Fsp3) is 0.571. The van der Waals surface area contributed by atoms with Gasteiger partial charge in [-0.3, -0.25) is 0 Å². The third-order valence-electron chi connectivity index (χ3n) is 2.80. The molecule has 0 aromatic heterocycles. The zero-order valence-corrected chi connectivity index (χ0v) is 11.9. The highest BCUT2D eigenvalue weighted by molar-refractivity contribution is 7.99. The minimum Gasteiger partial charge on any atom is -0.307 e. The highest BCUT2D eigenvalue weighted by Crippen LogP contribution is 2.17. The second-order valence-corrected chi connectivity index (χ2v) is 5.78. The fourth-order valence-electron chi connectivity index (χ4n) is 1.74. The second kappa shape index (κ2) is 7.02. The van der Waals surface area contributed by atoms with Crippen molar-refractivity contribution in [1.82, 2.24) is 5.32 Å². The highest BCUT2D eigenvalue weighted by Gasteiger charge is 2.10. The summed E-state index contributed by atoms with van der Waals surface area (Å²) in [6.07, 6.45) is 0. The summed E-state index contributed by atoms with van der Waals surface area (Å²) in [5.74, 6) is 2.11. The van der Waals surface area contributed by atoms with Crippen LogP contribution in [0.15, 0.2) is 18.2 Å². The van der Waals surface area contributed by atoms with E-state index in [1.165, 1.54) is 0 Å².